The van der Waals surface area contributed by atoms with Gasteiger partial charge in [-0.05, 0) is 41.9 Å². The molecule has 0 aliphatic rings. The number of hydrogen-bond donors (Lipinski definition) is 1. The van der Waals surface area contributed by atoms with Crippen molar-refractivity contribution in [1.29, 1.82) is 0 Å². The molecular formula is C14H20N2S. The summed E-state index contributed by atoms with van der Waals surface area (Å²) in [5.74, 6) is 1.17. The van der Waals surface area contributed by atoms with Crippen molar-refractivity contribution in [3.05, 3.63) is 36.0 Å². The molecule has 1 N–H and O–H groups in total. The topological polar surface area (TPSA) is 17.0 Å². The largest absolute Gasteiger partial charge is 0.347 e. The van der Waals surface area contributed by atoms with Gasteiger partial charge in [0.25, 0.3) is 0 Å². The number of thioether (sulfide) groups is 1. The zero-order valence-corrected chi connectivity index (χ0v) is 11.4. The molecule has 0 spiro atoms. The third-order valence-electron chi connectivity index (χ3n) is 2.95. The van der Waals surface area contributed by atoms with Crippen LogP contribution < -0.4 is 5.32 Å². The third-order valence-corrected chi connectivity index (χ3v) is 3.54. The normalized spacial score (nSPS) is 11.2. The first-order valence-corrected chi connectivity index (χ1v) is 7.52. The highest BCUT2D eigenvalue weighted by Gasteiger charge is 2.01. The Bertz CT molecular complexity index is 476. The number of fused-ring (bicyclic) bond motifs is 1. The van der Waals surface area contributed by atoms with E-state index in [1.807, 2.05) is 11.8 Å². The predicted octanol–water partition coefficient (Wildman–Crippen LogP) is 3.11. The molecule has 17 heavy (non-hydrogen) atoms. The van der Waals surface area contributed by atoms with E-state index in [9.17, 15) is 0 Å². The zero-order valence-electron chi connectivity index (χ0n) is 10.6. The maximum Gasteiger partial charge on any atom is 0.0480 e. The number of hydrogen-bond acceptors (Lipinski definition) is 2. The van der Waals surface area contributed by atoms with Gasteiger partial charge >= 0.3 is 0 Å². The number of aromatic nitrogens is 1. The molecule has 1 aromatic heterocycles. The number of rotatable bonds is 6. The van der Waals surface area contributed by atoms with Crippen LogP contribution in [0.1, 0.15) is 12.5 Å². The highest BCUT2D eigenvalue weighted by atomic mass is 32.2. The van der Waals surface area contributed by atoms with Gasteiger partial charge in [0.2, 0.25) is 0 Å². The highest BCUT2D eigenvalue weighted by molar-refractivity contribution is 7.98. The second-order valence-corrected chi connectivity index (χ2v) is 5.16. The summed E-state index contributed by atoms with van der Waals surface area (Å²) >= 11 is 1.89. The first-order chi connectivity index (χ1) is 8.35. The molecule has 0 aliphatic carbocycles. The van der Waals surface area contributed by atoms with Gasteiger partial charge in [0.15, 0.2) is 0 Å². The summed E-state index contributed by atoms with van der Waals surface area (Å²) < 4.78 is 2.34. The molecule has 2 rings (SSSR count). The van der Waals surface area contributed by atoms with E-state index in [1.54, 1.807) is 0 Å². The molecule has 0 radical (unpaired) electrons. The maximum absolute atomic E-state index is 3.36. The molecule has 0 saturated carbocycles. The van der Waals surface area contributed by atoms with Crippen molar-refractivity contribution >= 4 is 22.7 Å². The minimum absolute atomic E-state index is 0.961. The molecule has 0 amide bonds. The van der Waals surface area contributed by atoms with Gasteiger partial charge in [-0.1, -0.05) is 13.0 Å². The molecule has 1 heterocycles. The monoisotopic (exact) mass is 248 g/mol. The van der Waals surface area contributed by atoms with E-state index in [4.69, 9.17) is 0 Å². The van der Waals surface area contributed by atoms with Crippen LogP contribution >= 0.6 is 11.8 Å². The van der Waals surface area contributed by atoms with Crippen molar-refractivity contribution in [2.45, 2.75) is 20.0 Å². The molecule has 1 aromatic carbocycles. The fourth-order valence-electron chi connectivity index (χ4n) is 2.01. The second-order valence-electron chi connectivity index (χ2n) is 4.18. The van der Waals surface area contributed by atoms with E-state index < -0.39 is 0 Å². The van der Waals surface area contributed by atoms with Crippen LogP contribution in [0.5, 0.6) is 0 Å². The van der Waals surface area contributed by atoms with Gasteiger partial charge in [-0.15, -0.1) is 0 Å². The van der Waals surface area contributed by atoms with Crippen LogP contribution in [0.15, 0.2) is 30.5 Å². The minimum atomic E-state index is 0.961. The lowest BCUT2D eigenvalue weighted by Crippen LogP contribution is -2.11. The van der Waals surface area contributed by atoms with Crippen LogP contribution in [0.3, 0.4) is 0 Å². The molecule has 0 bridgehead atoms. The van der Waals surface area contributed by atoms with E-state index in [0.717, 1.165) is 19.6 Å². The molecule has 2 aromatic rings. The van der Waals surface area contributed by atoms with E-state index in [1.165, 1.54) is 22.2 Å². The molecule has 0 unspecified atom stereocenters. The summed E-state index contributed by atoms with van der Waals surface area (Å²) in [4.78, 5) is 0. The highest BCUT2D eigenvalue weighted by Crippen LogP contribution is 2.18. The van der Waals surface area contributed by atoms with E-state index in [0.29, 0.717) is 0 Å². The summed E-state index contributed by atoms with van der Waals surface area (Å²) in [6.07, 6.45) is 4.35. The van der Waals surface area contributed by atoms with Gasteiger partial charge in [0.05, 0.1) is 0 Å². The van der Waals surface area contributed by atoms with Crippen LogP contribution in [0.2, 0.25) is 0 Å². The van der Waals surface area contributed by atoms with Gasteiger partial charge in [-0.3, -0.25) is 0 Å². The molecule has 3 heteroatoms. The summed E-state index contributed by atoms with van der Waals surface area (Å²) in [7, 11) is 0. The van der Waals surface area contributed by atoms with Crippen molar-refractivity contribution in [3.63, 3.8) is 0 Å². The van der Waals surface area contributed by atoms with Crippen molar-refractivity contribution in [3.8, 4) is 0 Å². The van der Waals surface area contributed by atoms with Crippen LogP contribution in [-0.4, -0.2) is 23.1 Å². The molecule has 0 fully saturated rings. The standard InChI is InChI=1S/C14H20N2S/c1-3-15-11-12-4-5-14-13(10-12)6-7-16(14)8-9-17-2/h4-7,10,15H,3,8-9,11H2,1-2H3. The van der Waals surface area contributed by atoms with Gasteiger partial charge in [0.1, 0.15) is 0 Å². The number of aryl methyl sites for hydroxylation is 1. The number of nitrogens with zero attached hydrogens (tertiary/aromatic N) is 1. The first kappa shape index (κ1) is 12.5. The Morgan fingerprint density at radius 1 is 1.29 bits per heavy atom. The molecule has 2 nitrogen and oxygen atoms in total. The number of nitrogens with one attached hydrogen (secondary N) is 1. The Labute approximate surface area is 107 Å². The fraction of sp³-hybridized carbons (Fsp3) is 0.429. The van der Waals surface area contributed by atoms with Crippen molar-refractivity contribution in [1.82, 2.24) is 9.88 Å². The van der Waals surface area contributed by atoms with E-state index in [-0.39, 0.29) is 0 Å². The Balaban J connectivity index is 2.19. The first-order valence-electron chi connectivity index (χ1n) is 6.12. The smallest absolute Gasteiger partial charge is 0.0480 e. The average molecular weight is 248 g/mol. The van der Waals surface area contributed by atoms with Crippen molar-refractivity contribution in [2.24, 2.45) is 0 Å². The summed E-state index contributed by atoms with van der Waals surface area (Å²) in [5, 5.41) is 4.71. The van der Waals surface area contributed by atoms with Crippen molar-refractivity contribution in [2.75, 3.05) is 18.6 Å². The van der Waals surface area contributed by atoms with Gasteiger partial charge in [0, 0.05) is 30.6 Å². The Kier molecular flexibility index (Phi) is 4.51. The second kappa shape index (κ2) is 6.12. The van der Waals surface area contributed by atoms with Gasteiger partial charge < -0.3 is 9.88 Å². The Morgan fingerprint density at radius 2 is 2.18 bits per heavy atom. The van der Waals surface area contributed by atoms with Crippen molar-refractivity contribution < 1.29 is 0 Å². The van der Waals surface area contributed by atoms with Crippen LogP contribution in [0, 0.1) is 0 Å². The lowest BCUT2D eigenvalue weighted by molar-refractivity contribution is 0.727. The number of benzene rings is 1. The van der Waals surface area contributed by atoms with Gasteiger partial charge in [-0.25, -0.2) is 0 Å². The maximum atomic E-state index is 3.36. The molecule has 0 saturated heterocycles. The van der Waals surface area contributed by atoms with Crippen LogP contribution in [0.4, 0.5) is 0 Å². The average Bonchev–Trinajstić information content (AvgIpc) is 2.76. The molecule has 0 atom stereocenters. The quantitative estimate of drug-likeness (QED) is 0.846. The zero-order chi connectivity index (χ0) is 12.1. The Morgan fingerprint density at radius 3 is 2.94 bits per heavy atom. The molecule has 92 valence electrons. The Hall–Kier alpha value is -0.930. The van der Waals surface area contributed by atoms with Crippen LogP contribution in [0.25, 0.3) is 10.9 Å². The summed E-state index contributed by atoms with van der Waals surface area (Å²) in [5.41, 5.74) is 2.71. The van der Waals surface area contributed by atoms with E-state index >= 15 is 0 Å². The SMILES string of the molecule is CCNCc1ccc2c(ccn2CCSC)c1. The summed E-state index contributed by atoms with van der Waals surface area (Å²) in [6, 6.07) is 8.96. The lowest BCUT2D eigenvalue weighted by Gasteiger charge is -2.05. The fourth-order valence-corrected chi connectivity index (χ4v) is 2.39. The molecular weight excluding hydrogens is 228 g/mol. The lowest BCUT2D eigenvalue weighted by atomic mass is 10.1. The molecule has 0 aliphatic heterocycles. The van der Waals surface area contributed by atoms with Crippen LogP contribution in [-0.2, 0) is 13.1 Å². The minimum Gasteiger partial charge on any atom is -0.347 e. The van der Waals surface area contributed by atoms with Gasteiger partial charge in [-0.2, -0.15) is 11.8 Å². The third kappa shape index (κ3) is 3.05. The predicted molar refractivity (Wildman–Crippen MR) is 77.7 cm³/mol. The van der Waals surface area contributed by atoms with E-state index in [2.05, 4.69) is 53.5 Å². The summed E-state index contributed by atoms with van der Waals surface area (Å²) in [6.45, 7) is 5.21.